The molecule has 3 aromatic rings. The largest absolute Gasteiger partial charge is 0.311 e. The van der Waals surface area contributed by atoms with Crippen LogP contribution in [0.1, 0.15) is 17.5 Å². The summed E-state index contributed by atoms with van der Waals surface area (Å²) < 4.78 is 1.05. The SMILES string of the molecule is Cc1ccccc1N1CC(C(=O)Nc2nc3c(C)cccc3s2)CC1=O. The highest BCUT2D eigenvalue weighted by atomic mass is 32.1. The van der Waals surface area contributed by atoms with E-state index in [0.29, 0.717) is 11.7 Å². The predicted octanol–water partition coefficient (Wildman–Crippen LogP) is 3.90. The average Bonchev–Trinajstić information content (AvgIpc) is 3.19. The second kappa shape index (κ2) is 6.53. The Kier molecular flexibility index (Phi) is 4.20. The fourth-order valence-electron chi connectivity index (χ4n) is 3.33. The van der Waals surface area contributed by atoms with Crippen molar-refractivity contribution >= 4 is 44.2 Å². The zero-order valence-electron chi connectivity index (χ0n) is 14.7. The molecule has 2 heterocycles. The van der Waals surface area contributed by atoms with Crippen molar-refractivity contribution in [2.45, 2.75) is 20.3 Å². The van der Waals surface area contributed by atoms with Gasteiger partial charge in [-0.1, -0.05) is 41.7 Å². The van der Waals surface area contributed by atoms with Crippen LogP contribution in [0.5, 0.6) is 0 Å². The molecule has 132 valence electrons. The number of amides is 2. The third-order valence-electron chi connectivity index (χ3n) is 4.75. The molecule has 6 heteroatoms. The number of carbonyl (C=O) groups excluding carboxylic acids is 2. The van der Waals surface area contributed by atoms with Crippen molar-refractivity contribution in [2.75, 3.05) is 16.8 Å². The van der Waals surface area contributed by atoms with Crippen LogP contribution < -0.4 is 10.2 Å². The Balaban J connectivity index is 1.51. The molecule has 0 aliphatic carbocycles. The Morgan fingerprint density at radius 3 is 2.69 bits per heavy atom. The molecular formula is C20H19N3O2S. The van der Waals surface area contributed by atoms with Crippen LogP contribution in [0.25, 0.3) is 10.2 Å². The molecule has 1 saturated heterocycles. The molecule has 1 aliphatic heterocycles. The zero-order valence-corrected chi connectivity index (χ0v) is 15.5. The summed E-state index contributed by atoms with van der Waals surface area (Å²) in [7, 11) is 0. The highest BCUT2D eigenvalue weighted by molar-refractivity contribution is 7.22. The molecule has 1 unspecified atom stereocenters. The number of carbonyl (C=O) groups is 2. The van der Waals surface area contributed by atoms with E-state index in [1.54, 1.807) is 4.90 Å². The van der Waals surface area contributed by atoms with E-state index in [4.69, 9.17) is 0 Å². The van der Waals surface area contributed by atoms with Crippen LogP contribution in [-0.2, 0) is 9.59 Å². The summed E-state index contributed by atoms with van der Waals surface area (Å²) in [6, 6.07) is 13.7. The lowest BCUT2D eigenvalue weighted by molar-refractivity contribution is -0.122. The predicted molar refractivity (Wildman–Crippen MR) is 105 cm³/mol. The summed E-state index contributed by atoms with van der Waals surface area (Å²) in [4.78, 5) is 31.3. The molecule has 2 amide bonds. The van der Waals surface area contributed by atoms with Gasteiger partial charge in [0, 0.05) is 18.7 Å². The highest BCUT2D eigenvalue weighted by Gasteiger charge is 2.35. The van der Waals surface area contributed by atoms with Crippen molar-refractivity contribution in [3.8, 4) is 0 Å². The standard InChI is InChI=1S/C20H19N3O2S/c1-12-6-3-4-8-15(12)23-11-14(10-17(23)24)19(25)22-20-21-18-13(2)7-5-9-16(18)26-20/h3-9,14H,10-11H2,1-2H3,(H,21,22,25). The minimum atomic E-state index is -0.366. The van der Waals surface area contributed by atoms with Gasteiger partial charge in [-0.05, 0) is 37.1 Å². The first kappa shape index (κ1) is 16.7. The van der Waals surface area contributed by atoms with Gasteiger partial charge >= 0.3 is 0 Å². The fourth-order valence-corrected chi connectivity index (χ4v) is 4.28. The number of nitrogens with one attached hydrogen (secondary N) is 1. The van der Waals surface area contributed by atoms with Gasteiger partial charge in [-0.25, -0.2) is 4.98 Å². The molecule has 1 aliphatic rings. The van der Waals surface area contributed by atoms with Gasteiger partial charge in [-0.3, -0.25) is 9.59 Å². The number of fused-ring (bicyclic) bond motifs is 1. The minimum Gasteiger partial charge on any atom is -0.311 e. The van der Waals surface area contributed by atoms with E-state index < -0.39 is 0 Å². The molecular weight excluding hydrogens is 346 g/mol. The molecule has 0 bridgehead atoms. The second-order valence-electron chi connectivity index (χ2n) is 6.62. The minimum absolute atomic E-state index is 0.0143. The number of aromatic nitrogens is 1. The molecule has 1 aromatic heterocycles. The maximum Gasteiger partial charge on any atom is 0.231 e. The first-order chi connectivity index (χ1) is 12.5. The molecule has 5 nitrogen and oxygen atoms in total. The lowest BCUT2D eigenvalue weighted by atomic mass is 10.1. The number of anilines is 2. The van der Waals surface area contributed by atoms with Gasteiger partial charge in [0.1, 0.15) is 0 Å². The first-order valence-corrected chi connectivity index (χ1v) is 9.37. The van der Waals surface area contributed by atoms with Crippen molar-refractivity contribution in [1.29, 1.82) is 0 Å². The Hall–Kier alpha value is -2.73. The van der Waals surface area contributed by atoms with Gasteiger partial charge in [0.25, 0.3) is 0 Å². The molecule has 2 aromatic carbocycles. The zero-order chi connectivity index (χ0) is 18.3. The third kappa shape index (κ3) is 2.97. The first-order valence-electron chi connectivity index (χ1n) is 8.56. The molecule has 1 N–H and O–H groups in total. The van der Waals surface area contributed by atoms with Gasteiger partial charge in [-0.2, -0.15) is 0 Å². The summed E-state index contributed by atoms with van der Waals surface area (Å²) in [6.07, 6.45) is 0.226. The number of rotatable bonds is 3. The molecule has 4 rings (SSSR count). The average molecular weight is 365 g/mol. The molecule has 1 atom stereocenters. The van der Waals surface area contributed by atoms with Crippen LogP contribution in [0.4, 0.5) is 10.8 Å². The van der Waals surface area contributed by atoms with E-state index in [0.717, 1.165) is 27.0 Å². The highest BCUT2D eigenvalue weighted by Crippen LogP contribution is 2.31. The summed E-state index contributed by atoms with van der Waals surface area (Å²) >= 11 is 1.46. The van der Waals surface area contributed by atoms with E-state index in [1.807, 2.05) is 56.3 Å². The van der Waals surface area contributed by atoms with Crippen LogP contribution in [0.15, 0.2) is 42.5 Å². The van der Waals surface area contributed by atoms with Crippen LogP contribution in [0, 0.1) is 19.8 Å². The van der Waals surface area contributed by atoms with E-state index in [-0.39, 0.29) is 24.2 Å². The lowest BCUT2D eigenvalue weighted by Gasteiger charge is -2.18. The summed E-state index contributed by atoms with van der Waals surface area (Å²) in [5.41, 5.74) is 3.91. The maximum atomic E-state index is 12.7. The fraction of sp³-hybridized carbons (Fsp3) is 0.250. The number of thiazole rings is 1. The summed E-state index contributed by atoms with van der Waals surface area (Å²) in [5.74, 6) is -0.527. The summed E-state index contributed by atoms with van der Waals surface area (Å²) in [6.45, 7) is 4.38. The maximum absolute atomic E-state index is 12.7. The van der Waals surface area contributed by atoms with Crippen molar-refractivity contribution in [2.24, 2.45) is 5.92 Å². The van der Waals surface area contributed by atoms with Gasteiger partial charge in [0.05, 0.1) is 16.1 Å². The van der Waals surface area contributed by atoms with Gasteiger partial charge in [0.2, 0.25) is 11.8 Å². The third-order valence-corrected chi connectivity index (χ3v) is 5.69. The number of nitrogens with zero attached hydrogens (tertiary/aromatic N) is 2. The Morgan fingerprint density at radius 2 is 1.92 bits per heavy atom. The molecule has 26 heavy (non-hydrogen) atoms. The number of hydrogen-bond donors (Lipinski definition) is 1. The van der Waals surface area contributed by atoms with E-state index in [1.165, 1.54) is 11.3 Å². The van der Waals surface area contributed by atoms with Crippen LogP contribution in [0.3, 0.4) is 0 Å². The smallest absolute Gasteiger partial charge is 0.231 e. The van der Waals surface area contributed by atoms with Crippen LogP contribution >= 0.6 is 11.3 Å². The van der Waals surface area contributed by atoms with Crippen molar-refractivity contribution in [3.63, 3.8) is 0 Å². The van der Waals surface area contributed by atoms with Crippen molar-refractivity contribution < 1.29 is 9.59 Å². The van der Waals surface area contributed by atoms with E-state index >= 15 is 0 Å². The quantitative estimate of drug-likeness (QED) is 0.765. The van der Waals surface area contributed by atoms with Gasteiger partial charge < -0.3 is 10.2 Å². The molecule has 0 spiro atoms. The topological polar surface area (TPSA) is 62.3 Å². The van der Waals surface area contributed by atoms with E-state index in [9.17, 15) is 9.59 Å². The normalized spacial score (nSPS) is 17.1. The van der Waals surface area contributed by atoms with Crippen LogP contribution in [0.2, 0.25) is 0 Å². The van der Waals surface area contributed by atoms with Gasteiger partial charge in [-0.15, -0.1) is 0 Å². The number of para-hydroxylation sites is 2. The monoisotopic (exact) mass is 365 g/mol. The molecule has 0 saturated carbocycles. The second-order valence-corrected chi connectivity index (χ2v) is 7.65. The molecule has 0 radical (unpaired) electrons. The van der Waals surface area contributed by atoms with E-state index in [2.05, 4.69) is 10.3 Å². The number of aryl methyl sites for hydroxylation is 2. The van der Waals surface area contributed by atoms with Crippen molar-refractivity contribution in [3.05, 3.63) is 53.6 Å². The summed E-state index contributed by atoms with van der Waals surface area (Å²) in [5, 5.41) is 3.48. The Labute approximate surface area is 155 Å². The Morgan fingerprint density at radius 1 is 1.15 bits per heavy atom. The lowest BCUT2D eigenvalue weighted by Crippen LogP contribution is -2.28. The van der Waals surface area contributed by atoms with Crippen molar-refractivity contribution in [1.82, 2.24) is 4.98 Å². The number of benzene rings is 2. The van der Waals surface area contributed by atoms with Gasteiger partial charge in [0.15, 0.2) is 5.13 Å². The molecule has 1 fully saturated rings. The Bertz CT molecular complexity index is 1010. The van der Waals surface area contributed by atoms with Crippen LogP contribution in [-0.4, -0.2) is 23.3 Å². The number of hydrogen-bond acceptors (Lipinski definition) is 4.